The van der Waals surface area contributed by atoms with Crippen LogP contribution in [-0.4, -0.2) is 23.3 Å². The Balaban J connectivity index is 2.12. The molecule has 0 saturated heterocycles. The Bertz CT molecular complexity index is 484. The van der Waals surface area contributed by atoms with E-state index in [-0.39, 0.29) is 0 Å². The van der Waals surface area contributed by atoms with E-state index in [1.165, 1.54) is 0 Å². The molecule has 0 fully saturated rings. The number of hydrogen-bond acceptors (Lipinski definition) is 3. The van der Waals surface area contributed by atoms with Gasteiger partial charge in [0.15, 0.2) is 0 Å². The van der Waals surface area contributed by atoms with E-state index in [4.69, 9.17) is 4.74 Å². The van der Waals surface area contributed by atoms with Crippen molar-refractivity contribution >= 4 is 10.9 Å². The third-order valence-electron chi connectivity index (χ3n) is 2.62. The lowest BCUT2D eigenvalue weighted by atomic mass is 10.1. The summed E-state index contributed by atoms with van der Waals surface area (Å²) in [4.78, 5) is 4.31. The van der Waals surface area contributed by atoms with Crippen LogP contribution in [-0.2, 0) is 4.74 Å². The third kappa shape index (κ3) is 3.02. The van der Waals surface area contributed by atoms with Crippen LogP contribution in [0.5, 0.6) is 0 Å². The van der Waals surface area contributed by atoms with Gasteiger partial charge in [0.05, 0.1) is 12.1 Å². The minimum absolute atomic E-state index is 0.327. The summed E-state index contributed by atoms with van der Waals surface area (Å²) in [5.74, 6) is 0. The van der Waals surface area contributed by atoms with Crippen LogP contribution in [0.3, 0.4) is 0 Å². The molecule has 0 aliphatic heterocycles. The van der Waals surface area contributed by atoms with E-state index in [0.29, 0.717) is 13.2 Å². The normalized spacial score (nSPS) is 12.8. The molecule has 1 unspecified atom stereocenters. The number of para-hydroxylation sites is 1. The van der Waals surface area contributed by atoms with Crippen molar-refractivity contribution in [3.8, 4) is 0 Å². The Kier molecular flexibility index (Phi) is 4.07. The average molecular weight is 231 g/mol. The minimum Gasteiger partial charge on any atom is -0.386 e. The first-order valence-electron chi connectivity index (χ1n) is 5.91. The molecule has 1 aromatic carbocycles. The number of fused-ring (bicyclic) bond motifs is 1. The zero-order chi connectivity index (χ0) is 12.1. The first-order valence-corrected chi connectivity index (χ1v) is 5.91. The van der Waals surface area contributed by atoms with E-state index >= 15 is 0 Å². The van der Waals surface area contributed by atoms with Crippen molar-refractivity contribution in [1.82, 2.24) is 4.98 Å². The molecule has 1 atom stereocenters. The highest BCUT2D eigenvalue weighted by atomic mass is 16.5. The van der Waals surface area contributed by atoms with Gasteiger partial charge in [0, 0.05) is 23.8 Å². The second-order valence-corrected chi connectivity index (χ2v) is 4.05. The second kappa shape index (κ2) is 5.75. The summed E-state index contributed by atoms with van der Waals surface area (Å²) in [5, 5.41) is 11.0. The Morgan fingerprint density at radius 3 is 3.00 bits per heavy atom. The van der Waals surface area contributed by atoms with E-state index < -0.39 is 6.10 Å². The van der Waals surface area contributed by atoms with Crippen LogP contribution in [0.4, 0.5) is 0 Å². The Morgan fingerprint density at radius 1 is 1.35 bits per heavy atom. The summed E-state index contributed by atoms with van der Waals surface area (Å²) >= 11 is 0. The lowest BCUT2D eigenvalue weighted by Gasteiger charge is -2.11. The van der Waals surface area contributed by atoms with Crippen molar-refractivity contribution in [2.45, 2.75) is 19.4 Å². The maximum Gasteiger partial charge on any atom is 0.104 e. The van der Waals surface area contributed by atoms with Gasteiger partial charge < -0.3 is 9.84 Å². The predicted molar refractivity (Wildman–Crippen MR) is 67.8 cm³/mol. The van der Waals surface area contributed by atoms with E-state index in [1.54, 1.807) is 6.20 Å². The molecule has 0 aliphatic carbocycles. The van der Waals surface area contributed by atoms with Crippen molar-refractivity contribution in [1.29, 1.82) is 0 Å². The summed E-state index contributed by atoms with van der Waals surface area (Å²) in [7, 11) is 0. The van der Waals surface area contributed by atoms with Crippen LogP contribution < -0.4 is 0 Å². The molecule has 0 spiro atoms. The molecule has 3 heteroatoms. The highest BCUT2D eigenvalue weighted by Crippen LogP contribution is 2.18. The van der Waals surface area contributed by atoms with E-state index in [2.05, 4.69) is 4.98 Å². The molecule has 0 amide bonds. The highest BCUT2D eigenvalue weighted by Gasteiger charge is 2.08. The molecular weight excluding hydrogens is 214 g/mol. The van der Waals surface area contributed by atoms with Crippen LogP contribution in [0.15, 0.2) is 36.5 Å². The molecule has 1 aromatic heterocycles. The fourth-order valence-electron chi connectivity index (χ4n) is 1.71. The highest BCUT2D eigenvalue weighted by molar-refractivity contribution is 5.78. The molecule has 90 valence electrons. The number of nitrogens with zero attached hydrogens (tertiary/aromatic N) is 1. The molecule has 1 N–H and O–H groups in total. The van der Waals surface area contributed by atoms with Crippen LogP contribution in [0.25, 0.3) is 10.9 Å². The van der Waals surface area contributed by atoms with Gasteiger partial charge in [-0.15, -0.1) is 0 Å². The van der Waals surface area contributed by atoms with Gasteiger partial charge in [-0.25, -0.2) is 0 Å². The van der Waals surface area contributed by atoms with Crippen molar-refractivity contribution in [2.24, 2.45) is 0 Å². The van der Waals surface area contributed by atoms with Crippen molar-refractivity contribution in [3.63, 3.8) is 0 Å². The lowest BCUT2D eigenvalue weighted by Crippen LogP contribution is -2.08. The van der Waals surface area contributed by atoms with Crippen molar-refractivity contribution in [2.75, 3.05) is 13.2 Å². The first-order chi connectivity index (χ1) is 8.31. The number of aliphatic hydroxyl groups is 1. The maximum absolute atomic E-state index is 9.94. The molecule has 2 rings (SSSR count). The molecule has 0 saturated carbocycles. The summed E-state index contributed by atoms with van der Waals surface area (Å²) in [5.41, 5.74) is 1.75. The van der Waals surface area contributed by atoms with Crippen molar-refractivity contribution < 1.29 is 9.84 Å². The molecule has 0 radical (unpaired) electrons. The monoisotopic (exact) mass is 231 g/mol. The van der Waals surface area contributed by atoms with Gasteiger partial charge in [0.2, 0.25) is 0 Å². The SMILES string of the molecule is CCCOCC(O)c1cnc2ccccc2c1. The second-order valence-electron chi connectivity index (χ2n) is 4.05. The molecule has 2 aromatic rings. The smallest absolute Gasteiger partial charge is 0.104 e. The van der Waals surface area contributed by atoms with Gasteiger partial charge in [-0.05, 0) is 18.6 Å². The number of aromatic nitrogens is 1. The fraction of sp³-hybridized carbons (Fsp3) is 0.357. The largest absolute Gasteiger partial charge is 0.386 e. The zero-order valence-corrected chi connectivity index (χ0v) is 9.97. The van der Waals surface area contributed by atoms with Crippen LogP contribution in [0.1, 0.15) is 25.0 Å². The topological polar surface area (TPSA) is 42.4 Å². The van der Waals surface area contributed by atoms with Crippen LogP contribution >= 0.6 is 0 Å². The van der Waals surface area contributed by atoms with E-state index in [9.17, 15) is 5.11 Å². The number of rotatable bonds is 5. The Hall–Kier alpha value is -1.45. The molecule has 1 heterocycles. The van der Waals surface area contributed by atoms with Gasteiger partial charge in [-0.1, -0.05) is 25.1 Å². The third-order valence-corrected chi connectivity index (χ3v) is 2.62. The van der Waals surface area contributed by atoms with Gasteiger partial charge in [0.1, 0.15) is 6.10 Å². The quantitative estimate of drug-likeness (QED) is 0.804. The average Bonchev–Trinajstić information content (AvgIpc) is 2.38. The Labute approximate surface area is 101 Å². The number of aliphatic hydroxyl groups excluding tert-OH is 1. The minimum atomic E-state index is -0.598. The predicted octanol–water partition coefficient (Wildman–Crippen LogP) is 2.69. The number of hydrogen-bond donors (Lipinski definition) is 1. The molecular formula is C14H17NO2. The van der Waals surface area contributed by atoms with Crippen molar-refractivity contribution in [3.05, 3.63) is 42.1 Å². The van der Waals surface area contributed by atoms with Crippen LogP contribution in [0.2, 0.25) is 0 Å². The summed E-state index contributed by atoms with van der Waals surface area (Å²) in [6.07, 6.45) is 2.07. The summed E-state index contributed by atoms with van der Waals surface area (Å²) < 4.78 is 5.33. The maximum atomic E-state index is 9.94. The summed E-state index contributed by atoms with van der Waals surface area (Å²) in [6.45, 7) is 3.05. The standard InChI is InChI=1S/C14H17NO2/c1-2-7-17-10-14(16)12-8-11-5-3-4-6-13(11)15-9-12/h3-6,8-9,14,16H,2,7,10H2,1H3. The molecule has 0 bridgehead atoms. The van der Waals surface area contributed by atoms with Gasteiger partial charge in [-0.3, -0.25) is 4.98 Å². The van der Waals surface area contributed by atoms with Gasteiger partial charge in [0.25, 0.3) is 0 Å². The van der Waals surface area contributed by atoms with Gasteiger partial charge >= 0.3 is 0 Å². The lowest BCUT2D eigenvalue weighted by molar-refractivity contribution is 0.0363. The van der Waals surface area contributed by atoms with E-state index in [0.717, 1.165) is 22.9 Å². The van der Waals surface area contributed by atoms with E-state index in [1.807, 2.05) is 37.3 Å². The Morgan fingerprint density at radius 2 is 2.18 bits per heavy atom. The number of benzene rings is 1. The first kappa shape index (κ1) is 12.0. The van der Waals surface area contributed by atoms with Crippen LogP contribution in [0, 0.1) is 0 Å². The molecule has 3 nitrogen and oxygen atoms in total. The number of pyridine rings is 1. The molecule has 17 heavy (non-hydrogen) atoms. The number of ether oxygens (including phenoxy) is 1. The van der Waals surface area contributed by atoms with Gasteiger partial charge in [-0.2, -0.15) is 0 Å². The fourth-order valence-corrected chi connectivity index (χ4v) is 1.71. The summed E-state index contributed by atoms with van der Waals surface area (Å²) in [6, 6.07) is 9.83. The zero-order valence-electron chi connectivity index (χ0n) is 9.97. The molecule has 0 aliphatic rings.